The number of carbonyl (C=O) groups excluding carboxylic acids is 3. The fourth-order valence-corrected chi connectivity index (χ4v) is 3.03. The topological polar surface area (TPSA) is 124 Å². The Balaban J connectivity index is 1.74. The van der Waals surface area contributed by atoms with E-state index in [1.54, 1.807) is 49.4 Å². The summed E-state index contributed by atoms with van der Waals surface area (Å²) in [4.78, 5) is 36.0. The Kier molecular flexibility index (Phi) is 9.05. The molecule has 0 aromatic heterocycles. The fraction of sp³-hybridized carbons (Fsp3) is 0.148. The number of ether oxygens (including phenoxy) is 3. The van der Waals surface area contributed by atoms with E-state index in [1.807, 2.05) is 0 Å². The smallest absolute Gasteiger partial charge is 0.338 e. The van der Waals surface area contributed by atoms with Crippen LogP contribution < -0.4 is 4.74 Å². The maximum Gasteiger partial charge on any atom is 0.338 e. The molecule has 3 rings (SSSR count). The normalized spacial score (nSPS) is 10.6. The van der Waals surface area contributed by atoms with Crippen LogP contribution in [0.5, 0.6) is 11.5 Å². The first-order valence-electron chi connectivity index (χ1n) is 11.0. The second-order valence-electron chi connectivity index (χ2n) is 7.22. The van der Waals surface area contributed by atoms with Crippen LogP contribution in [0.3, 0.4) is 0 Å². The van der Waals surface area contributed by atoms with Crippen LogP contribution in [0, 0.1) is 0 Å². The van der Waals surface area contributed by atoms with E-state index in [1.165, 1.54) is 24.3 Å². The number of hydrogen-bond acceptors (Lipinski definition) is 9. The van der Waals surface area contributed by atoms with Crippen molar-refractivity contribution in [2.45, 2.75) is 6.92 Å². The summed E-state index contributed by atoms with van der Waals surface area (Å²) < 4.78 is 15.3. The molecule has 9 nitrogen and oxygen atoms in total. The third kappa shape index (κ3) is 6.86. The number of azo groups is 1. The summed E-state index contributed by atoms with van der Waals surface area (Å²) in [5.41, 5.74) is 1.44. The number of ketones is 1. The van der Waals surface area contributed by atoms with Crippen molar-refractivity contribution in [3.63, 3.8) is 0 Å². The van der Waals surface area contributed by atoms with Gasteiger partial charge in [0, 0.05) is 17.7 Å². The molecule has 0 aliphatic heterocycles. The minimum Gasteiger partial charge on any atom is -0.507 e. The monoisotopic (exact) mass is 488 g/mol. The summed E-state index contributed by atoms with van der Waals surface area (Å²) >= 11 is 0. The van der Waals surface area contributed by atoms with Crippen LogP contribution in [0.15, 0.2) is 89.6 Å². The highest BCUT2D eigenvalue weighted by Crippen LogP contribution is 2.36. The molecule has 184 valence electrons. The van der Waals surface area contributed by atoms with Gasteiger partial charge in [0.2, 0.25) is 0 Å². The lowest BCUT2D eigenvalue weighted by molar-refractivity contribution is -0.138. The lowest BCUT2D eigenvalue weighted by Gasteiger charge is -2.10. The van der Waals surface area contributed by atoms with Crippen molar-refractivity contribution >= 4 is 29.1 Å². The van der Waals surface area contributed by atoms with Gasteiger partial charge in [-0.1, -0.05) is 36.9 Å². The van der Waals surface area contributed by atoms with Crippen molar-refractivity contribution in [1.29, 1.82) is 0 Å². The van der Waals surface area contributed by atoms with Crippen molar-refractivity contribution in [2.75, 3.05) is 19.8 Å². The van der Waals surface area contributed by atoms with Gasteiger partial charge in [-0.05, 0) is 37.3 Å². The number of hydrogen-bond donors (Lipinski definition) is 1. The Labute approximate surface area is 207 Å². The molecule has 0 unspecified atom stereocenters. The first kappa shape index (κ1) is 25.8. The fourth-order valence-electron chi connectivity index (χ4n) is 3.03. The number of benzene rings is 3. The van der Waals surface area contributed by atoms with Gasteiger partial charge in [-0.15, -0.1) is 5.11 Å². The minimum absolute atomic E-state index is 0.0652. The zero-order valence-corrected chi connectivity index (χ0v) is 19.5. The number of nitrogens with zero attached hydrogens (tertiary/aromatic N) is 2. The Bertz CT molecular complexity index is 1270. The first-order valence-corrected chi connectivity index (χ1v) is 11.0. The molecule has 3 aromatic rings. The van der Waals surface area contributed by atoms with E-state index in [2.05, 4.69) is 16.8 Å². The molecule has 0 atom stereocenters. The Hall–Kier alpha value is -4.79. The van der Waals surface area contributed by atoms with Crippen molar-refractivity contribution in [3.05, 3.63) is 96.1 Å². The molecule has 0 bridgehead atoms. The van der Waals surface area contributed by atoms with E-state index >= 15 is 0 Å². The van der Waals surface area contributed by atoms with Gasteiger partial charge in [0.1, 0.15) is 24.7 Å². The van der Waals surface area contributed by atoms with Crippen molar-refractivity contribution in [1.82, 2.24) is 0 Å². The van der Waals surface area contributed by atoms with E-state index < -0.39 is 11.9 Å². The molecular formula is C27H24N2O7. The average Bonchev–Trinajstić information content (AvgIpc) is 2.91. The van der Waals surface area contributed by atoms with Crippen LogP contribution in [0.4, 0.5) is 11.4 Å². The van der Waals surface area contributed by atoms with E-state index in [4.69, 9.17) is 14.2 Å². The minimum atomic E-state index is -0.599. The van der Waals surface area contributed by atoms with Gasteiger partial charge in [-0.3, -0.25) is 4.79 Å². The molecule has 36 heavy (non-hydrogen) atoms. The average molecular weight is 488 g/mol. The summed E-state index contributed by atoms with van der Waals surface area (Å²) in [6, 6.07) is 17.5. The third-order valence-corrected chi connectivity index (χ3v) is 4.76. The largest absolute Gasteiger partial charge is 0.507 e. The summed E-state index contributed by atoms with van der Waals surface area (Å²) in [5.74, 6) is -1.52. The van der Waals surface area contributed by atoms with Crippen molar-refractivity contribution in [2.24, 2.45) is 10.2 Å². The molecule has 1 N–H and O–H groups in total. The van der Waals surface area contributed by atoms with Gasteiger partial charge < -0.3 is 19.3 Å². The third-order valence-electron chi connectivity index (χ3n) is 4.76. The van der Waals surface area contributed by atoms with Crippen LogP contribution in [0.25, 0.3) is 0 Å². The predicted octanol–water partition coefficient (Wildman–Crippen LogP) is 5.32. The molecule has 0 radical (unpaired) electrons. The summed E-state index contributed by atoms with van der Waals surface area (Å²) in [6.45, 7) is 5.20. The van der Waals surface area contributed by atoms with Gasteiger partial charge in [0.25, 0.3) is 0 Å². The summed E-state index contributed by atoms with van der Waals surface area (Å²) in [7, 11) is 0. The number of esters is 2. The molecule has 0 saturated carbocycles. The number of phenolic OH excluding ortho intramolecular Hbond substituents is 1. The van der Waals surface area contributed by atoms with Crippen LogP contribution in [-0.2, 0) is 14.3 Å². The molecule has 0 aliphatic rings. The SMILES string of the molecule is C=CC(=O)OCCOC(=O)c1ccc(/N=N/c2cc(C(=O)c3ccccc3)c(O)cc2OCC)cc1. The molecule has 0 saturated heterocycles. The van der Waals surface area contributed by atoms with E-state index in [0.29, 0.717) is 17.9 Å². The van der Waals surface area contributed by atoms with Crippen LogP contribution in [0.2, 0.25) is 0 Å². The van der Waals surface area contributed by atoms with Gasteiger partial charge in [0.15, 0.2) is 11.5 Å². The molecule has 0 aliphatic carbocycles. The Morgan fingerprint density at radius 3 is 2.28 bits per heavy atom. The van der Waals surface area contributed by atoms with E-state index in [-0.39, 0.29) is 47.3 Å². The summed E-state index contributed by atoms with van der Waals surface area (Å²) in [5, 5.41) is 18.8. The zero-order chi connectivity index (χ0) is 25.9. The number of rotatable bonds is 11. The molecule has 0 spiro atoms. The van der Waals surface area contributed by atoms with Crippen LogP contribution >= 0.6 is 0 Å². The second kappa shape index (κ2) is 12.6. The van der Waals surface area contributed by atoms with Gasteiger partial charge >= 0.3 is 11.9 Å². The Morgan fingerprint density at radius 1 is 0.917 bits per heavy atom. The number of aromatic hydroxyl groups is 1. The van der Waals surface area contributed by atoms with Crippen LogP contribution in [0.1, 0.15) is 33.2 Å². The van der Waals surface area contributed by atoms with Crippen LogP contribution in [-0.4, -0.2) is 42.6 Å². The lowest BCUT2D eigenvalue weighted by atomic mass is 10.0. The molecule has 3 aromatic carbocycles. The van der Waals surface area contributed by atoms with Crippen molar-refractivity contribution < 1.29 is 33.7 Å². The standard InChI is InChI=1S/C27H24N2O7/c1-3-25(31)35-14-15-36-27(33)19-10-12-20(13-11-19)28-29-22-16-21(23(30)17-24(22)34-4-2)26(32)18-8-6-5-7-9-18/h3,5-13,16-17,30H,1,4,14-15H2,2H3/b29-28+. The van der Waals surface area contributed by atoms with Gasteiger partial charge in [-0.25, -0.2) is 9.59 Å². The Morgan fingerprint density at radius 2 is 1.61 bits per heavy atom. The van der Waals surface area contributed by atoms with Crippen molar-refractivity contribution in [3.8, 4) is 11.5 Å². The predicted molar refractivity (Wildman–Crippen MR) is 131 cm³/mol. The highest BCUT2D eigenvalue weighted by atomic mass is 16.6. The van der Waals surface area contributed by atoms with Gasteiger partial charge in [0.05, 0.1) is 23.4 Å². The zero-order valence-electron chi connectivity index (χ0n) is 19.5. The maximum absolute atomic E-state index is 12.9. The molecule has 0 fully saturated rings. The number of phenols is 1. The second-order valence-corrected chi connectivity index (χ2v) is 7.22. The summed E-state index contributed by atoms with van der Waals surface area (Å²) in [6.07, 6.45) is 1.02. The number of carbonyl (C=O) groups is 3. The van der Waals surface area contributed by atoms with Gasteiger partial charge in [-0.2, -0.15) is 5.11 Å². The van der Waals surface area contributed by atoms with E-state index in [0.717, 1.165) is 6.08 Å². The molecule has 0 amide bonds. The highest BCUT2D eigenvalue weighted by Gasteiger charge is 2.18. The molecule has 0 heterocycles. The lowest BCUT2D eigenvalue weighted by Crippen LogP contribution is -2.12. The highest BCUT2D eigenvalue weighted by molar-refractivity contribution is 6.11. The maximum atomic E-state index is 12.9. The quantitative estimate of drug-likeness (QED) is 0.127. The first-order chi connectivity index (χ1) is 17.4. The molecule has 9 heteroatoms. The molecular weight excluding hydrogens is 464 g/mol. The van der Waals surface area contributed by atoms with E-state index in [9.17, 15) is 19.5 Å².